The van der Waals surface area contributed by atoms with E-state index in [9.17, 15) is 10.1 Å². The zero-order valence-corrected chi connectivity index (χ0v) is 19.5. The van der Waals surface area contributed by atoms with E-state index in [0.29, 0.717) is 23.6 Å². The Labute approximate surface area is 195 Å². The number of aryl methyl sites for hydroxylation is 1. The van der Waals surface area contributed by atoms with Gasteiger partial charge in [-0.3, -0.25) is 4.79 Å². The van der Waals surface area contributed by atoms with Crippen molar-refractivity contribution in [1.82, 2.24) is 14.5 Å². The fourth-order valence-corrected chi connectivity index (χ4v) is 4.72. The van der Waals surface area contributed by atoms with Crippen LogP contribution in [0.15, 0.2) is 55.0 Å². The number of amides is 1. The predicted octanol–water partition coefficient (Wildman–Crippen LogP) is 5.19. The first kappa shape index (κ1) is 22.6. The van der Waals surface area contributed by atoms with Crippen LogP contribution < -0.4 is 4.74 Å². The number of carbonyl (C=O) groups excluding carboxylic acids is 1. The minimum absolute atomic E-state index is 0.176. The van der Waals surface area contributed by atoms with E-state index in [2.05, 4.69) is 18.0 Å². The Bertz CT molecular complexity index is 1190. The fourth-order valence-electron chi connectivity index (χ4n) is 4.72. The van der Waals surface area contributed by atoms with Gasteiger partial charge in [0.2, 0.25) is 5.91 Å². The standard InChI is InChI=1S/C27H30N4O2/c1-4-27(12-5-6-13-30(3)26(27)32)23-8-7-9-24(15-23)33-25-14-21(10-11-22(25)16-28)18-31-19-29-17-20(31)2/h7-11,14-15,17,19H,4-6,12-13,18H2,1-3H3. The molecular weight excluding hydrogens is 412 g/mol. The number of hydrogen-bond donors (Lipinski definition) is 0. The summed E-state index contributed by atoms with van der Waals surface area (Å²) in [6.45, 7) is 5.54. The van der Waals surface area contributed by atoms with Crippen molar-refractivity contribution in [1.29, 1.82) is 5.26 Å². The lowest BCUT2D eigenvalue weighted by Crippen LogP contribution is -2.43. The summed E-state index contributed by atoms with van der Waals surface area (Å²) in [5.74, 6) is 1.32. The van der Waals surface area contributed by atoms with Crippen molar-refractivity contribution < 1.29 is 9.53 Å². The number of benzene rings is 2. The van der Waals surface area contributed by atoms with Gasteiger partial charge in [0, 0.05) is 32.0 Å². The summed E-state index contributed by atoms with van der Waals surface area (Å²) in [4.78, 5) is 19.4. The molecule has 1 aromatic heterocycles. The molecule has 4 rings (SSSR count). The lowest BCUT2D eigenvalue weighted by molar-refractivity contribution is -0.135. The van der Waals surface area contributed by atoms with Crippen LogP contribution in [0.3, 0.4) is 0 Å². The average molecular weight is 443 g/mol. The third-order valence-corrected chi connectivity index (χ3v) is 6.76. The molecule has 33 heavy (non-hydrogen) atoms. The van der Waals surface area contributed by atoms with Gasteiger partial charge in [0.25, 0.3) is 0 Å². The van der Waals surface area contributed by atoms with E-state index in [1.54, 1.807) is 12.4 Å². The molecule has 6 nitrogen and oxygen atoms in total. The number of ether oxygens (including phenoxy) is 1. The third kappa shape index (κ3) is 4.49. The largest absolute Gasteiger partial charge is 0.456 e. The van der Waals surface area contributed by atoms with Gasteiger partial charge in [0.1, 0.15) is 17.6 Å². The van der Waals surface area contributed by atoms with Crippen LogP contribution in [0.1, 0.15) is 55.0 Å². The molecule has 2 heterocycles. The summed E-state index contributed by atoms with van der Waals surface area (Å²) in [5, 5.41) is 9.63. The molecule has 0 aliphatic carbocycles. The summed E-state index contributed by atoms with van der Waals surface area (Å²) in [7, 11) is 1.89. The van der Waals surface area contributed by atoms with Crippen LogP contribution in [0.5, 0.6) is 11.5 Å². The van der Waals surface area contributed by atoms with Crippen molar-refractivity contribution >= 4 is 5.91 Å². The van der Waals surface area contributed by atoms with Crippen molar-refractivity contribution in [3.8, 4) is 17.6 Å². The first-order chi connectivity index (χ1) is 16.0. The van der Waals surface area contributed by atoms with Gasteiger partial charge in [-0.25, -0.2) is 4.98 Å². The quantitative estimate of drug-likeness (QED) is 0.526. The number of likely N-dealkylation sites (tertiary alicyclic amines) is 1. The zero-order chi connectivity index (χ0) is 23.4. The summed E-state index contributed by atoms with van der Waals surface area (Å²) < 4.78 is 8.28. The molecule has 1 saturated heterocycles. The Morgan fingerprint density at radius 3 is 2.79 bits per heavy atom. The smallest absolute Gasteiger partial charge is 0.232 e. The second-order valence-corrected chi connectivity index (χ2v) is 8.85. The Hall–Kier alpha value is -3.59. The molecule has 1 unspecified atom stereocenters. The molecule has 0 saturated carbocycles. The van der Waals surface area contributed by atoms with Crippen LogP contribution in [0.4, 0.5) is 0 Å². The molecule has 1 atom stereocenters. The lowest BCUT2D eigenvalue weighted by atomic mass is 9.73. The first-order valence-corrected chi connectivity index (χ1v) is 11.5. The van der Waals surface area contributed by atoms with Gasteiger partial charge in [0.15, 0.2) is 0 Å². The van der Waals surface area contributed by atoms with Crippen molar-refractivity contribution in [2.45, 2.75) is 51.5 Å². The minimum Gasteiger partial charge on any atom is -0.456 e. The first-order valence-electron chi connectivity index (χ1n) is 11.5. The van der Waals surface area contributed by atoms with E-state index in [1.165, 1.54) is 0 Å². The van der Waals surface area contributed by atoms with Crippen molar-refractivity contribution in [3.63, 3.8) is 0 Å². The highest BCUT2D eigenvalue weighted by Gasteiger charge is 2.41. The van der Waals surface area contributed by atoms with Gasteiger partial charge in [-0.1, -0.05) is 31.5 Å². The Kier molecular flexibility index (Phi) is 6.50. The predicted molar refractivity (Wildman–Crippen MR) is 127 cm³/mol. The number of hydrogen-bond acceptors (Lipinski definition) is 4. The zero-order valence-electron chi connectivity index (χ0n) is 19.5. The molecule has 6 heteroatoms. The van der Waals surface area contributed by atoms with Gasteiger partial charge < -0.3 is 14.2 Å². The maximum absolute atomic E-state index is 13.3. The van der Waals surface area contributed by atoms with Crippen molar-refractivity contribution in [2.24, 2.45) is 0 Å². The number of nitriles is 1. The number of carbonyl (C=O) groups is 1. The van der Waals surface area contributed by atoms with E-state index in [-0.39, 0.29) is 5.91 Å². The SMILES string of the molecule is CCC1(c2cccc(Oc3cc(Cn4cncc4C)ccc3C#N)c2)CCCCN(C)C1=O. The highest BCUT2D eigenvalue weighted by Crippen LogP contribution is 2.39. The average Bonchev–Trinajstić information content (AvgIpc) is 3.16. The molecule has 0 radical (unpaired) electrons. The summed E-state index contributed by atoms with van der Waals surface area (Å²) >= 11 is 0. The van der Waals surface area contributed by atoms with Gasteiger partial charge in [-0.15, -0.1) is 0 Å². The number of aromatic nitrogens is 2. The highest BCUT2D eigenvalue weighted by atomic mass is 16.5. The molecular formula is C27H30N4O2. The molecule has 3 aromatic rings. The lowest BCUT2D eigenvalue weighted by Gasteiger charge is -2.33. The van der Waals surface area contributed by atoms with E-state index < -0.39 is 5.41 Å². The molecule has 0 N–H and O–H groups in total. The van der Waals surface area contributed by atoms with E-state index in [0.717, 1.165) is 49.0 Å². The summed E-state index contributed by atoms with van der Waals surface area (Å²) in [6, 6.07) is 15.7. The van der Waals surface area contributed by atoms with Gasteiger partial charge in [0.05, 0.1) is 17.3 Å². The van der Waals surface area contributed by atoms with Gasteiger partial charge in [-0.05, 0) is 61.6 Å². The van der Waals surface area contributed by atoms with E-state index in [4.69, 9.17) is 4.74 Å². The third-order valence-electron chi connectivity index (χ3n) is 6.76. The molecule has 1 amide bonds. The molecule has 0 spiro atoms. The monoisotopic (exact) mass is 442 g/mol. The number of nitrogens with zero attached hydrogens (tertiary/aromatic N) is 4. The van der Waals surface area contributed by atoms with Crippen molar-refractivity contribution in [3.05, 3.63) is 77.4 Å². The second kappa shape index (κ2) is 9.50. The van der Waals surface area contributed by atoms with E-state index in [1.807, 2.05) is 66.0 Å². The van der Waals surface area contributed by atoms with E-state index >= 15 is 0 Å². The maximum Gasteiger partial charge on any atom is 0.232 e. The second-order valence-electron chi connectivity index (χ2n) is 8.85. The maximum atomic E-state index is 13.3. The molecule has 0 bridgehead atoms. The highest BCUT2D eigenvalue weighted by molar-refractivity contribution is 5.88. The fraction of sp³-hybridized carbons (Fsp3) is 0.370. The van der Waals surface area contributed by atoms with Crippen LogP contribution in [0.25, 0.3) is 0 Å². The number of rotatable bonds is 6. The number of imidazole rings is 1. The molecule has 1 aliphatic heterocycles. The molecule has 2 aromatic carbocycles. The van der Waals surface area contributed by atoms with Crippen LogP contribution in [0, 0.1) is 18.3 Å². The Morgan fingerprint density at radius 1 is 1.21 bits per heavy atom. The van der Waals surface area contributed by atoms with Crippen LogP contribution in [-0.4, -0.2) is 34.0 Å². The molecule has 170 valence electrons. The Morgan fingerprint density at radius 2 is 2.06 bits per heavy atom. The van der Waals surface area contributed by atoms with Crippen LogP contribution in [-0.2, 0) is 16.8 Å². The van der Waals surface area contributed by atoms with Crippen LogP contribution >= 0.6 is 0 Å². The van der Waals surface area contributed by atoms with Gasteiger partial charge >= 0.3 is 0 Å². The molecule has 1 fully saturated rings. The topological polar surface area (TPSA) is 71.2 Å². The Balaban J connectivity index is 1.66. The van der Waals surface area contributed by atoms with Crippen LogP contribution in [0.2, 0.25) is 0 Å². The minimum atomic E-state index is -0.538. The normalized spacial score (nSPS) is 18.6. The number of likely N-dealkylation sites (N-methyl/N-ethyl adjacent to an activating group) is 1. The van der Waals surface area contributed by atoms with Gasteiger partial charge in [-0.2, -0.15) is 5.26 Å². The summed E-state index contributed by atoms with van der Waals surface area (Å²) in [5.41, 5.74) is 3.00. The summed E-state index contributed by atoms with van der Waals surface area (Å²) in [6.07, 6.45) is 7.23. The van der Waals surface area contributed by atoms with Crippen molar-refractivity contribution in [2.75, 3.05) is 13.6 Å². The molecule has 1 aliphatic rings.